The van der Waals surface area contributed by atoms with Gasteiger partial charge in [-0.05, 0) is 84.2 Å². The molecule has 0 saturated carbocycles. The second-order valence-electron chi connectivity index (χ2n) is 7.59. The van der Waals surface area contributed by atoms with Gasteiger partial charge in [-0.1, -0.05) is 20.8 Å². The average molecular weight is 482 g/mol. The van der Waals surface area contributed by atoms with Crippen LogP contribution < -0.4 is 10.6 Å². The van der Waals surface area contributed by atoms with Crippen LogP contribution in [0.1, 0.15) is 59.8 Å². The molecule has 1 unspecified atom stereocenters. The van der Waals surface area contributed by atoms with E-state index in [9.17, 15) is 0 Å². The molecule has 0 amide bonds. The molecule has 0 spiro atoms. The lowest BCUT2D eigenvalue weighted by Gasteiger charge is -2.30. The molecule has 0 aromatic rings. The number of hydrogen-bond acceptors (Lipinski definition) is 3. The molecular weight excluding hydrogens is 437 g/mol. The molecule has 0 aliphatic carbocycles. The first-order valence-corrected chi connectivity index (χ1v) is 10.5. The van der Waals surface area contributed by atoms with Gasteiger partial charge in [0.15, 0.2) is 5.96 Å². The summed E-state index contributed by atoms with van der Waals surface area (Å²) in [6.07, 6.45) is 6.33. The van der Waals surface area contributed by atoms with Crippen LogP contribution >= 0.6 is 24.0 Å². The van der Waals surface area contributed by atoms with Crippen molar-refractivity contribution < 1.29 is 0 Å². The molecule has 1 heterocycles. The van der Waals surface area contributed by atoms with Crippen molar-refractivity contribution in [2.75, 3.05) is 52.9 Å². The van der Waals surface area contributed by atoms with Crippen LogP contribution in [0.15, 0.2) is 4.99 Å². The van der Waals surface area contributed by atoms with E-state index >= 15 is 0 Å². The zero-order chi connectivity index (χ0) is 18.5. The minimum Gasteiger partial charge on any atom is -0.356 e. The monoisotopic (exact) mass is 481 g/mol. The Balaban J connectivity index is 0.00000625. The predicted octanol–water partition coefficient (Wildman–Crippen LogP) is 3.40. The fourth-order valence-corrected chi connectivity index (χ4v) is 3.46. The maximum Gasteiger partial charge on any atom is 0.191 e. The highest BCUT2D eigenvalue weighted by Crippen LogP contribution is 2.15. The quantitative estimate of drug-likeness (QED) is 0.206. The summed E-state index contributed by atoms with van der Waals surface area (Å²) in [6.45, 7) is 17.3. The third-order valence-corrected chi connectivity index (χ3v) is 5.43. The second kappa shape index (κ2) is 15.9. The molecule has 1 saturated heterocycles. The van der Waals surface area contributed by atoms with E-state index < -0.39 is 0 Å². The highest BCUT2D eigenvalue weighted by Gasteiger charge is 2.14. The fourth-order valence-electron chi connectivity index (χ4n) is 3.46. The number of hydrogen-bond donors (Lipinski definition) is 2. The van der Waals surface area contributed by atoms with Crippen molar-refractivity contribution in [3.8, 4) is 0 Å². The zero-order valence-electron chi connectivity index (χ0n) is 17.9. The normalized spacial score (nSPS) is 17.8. The van der Waals surface area contributed by atoms with E-state index in [1.165, 1.54) is 58.3 Å². The van der Waals surface area contributed by atoms with Gasteiger partial charge in [0.1, 0.15) is 0 Å². The van der Waals surface area contributed by atoms with Crippen molar-refractivity contribution in [1.29, 1.82) is 0 Å². The molecule has 0 radical (unpaired) electrons. The van der Waals surface area contributed by atoms with Gasteiger partial charge in [-0.25, -0.2) is 0 Å². The average Bonchev–Trinajstić information content (AvgIpc) is 2.62. The van der Waals surface area contributed by atoms with Crippen molar-refractivity contribution in [1.82, 2.24) is 20.4 Å². The predicted molar refractivity (Wildman–Crippen MR) is 126 cm³/mol. The van der Waals surface area contributed by atoms with E-state index in [1.807, 2.05) is 7.05 Å². The third kappa shape index (κ3) is 11.6. The van der Waals surface area contributed by atoms with Crippen molar-refractivity contribution in [2.24, 2.45) is 10.9 Å². The van der Waals surface area contributed by atoms with Gasteiger partial charge in [0, 0.05) is 19.6 Å². The Kier molecular flexibility index (Phi) is 15.9. The fraction of sp³-hybridized carbons (Fsp3) is 0.950. The second-order valence-corrected chi connectivity index (χ2v) is 7.59. The number of guanidine groups is 1. The Labute approximate surface area is 179 Å². The third-order valence-electron chi connectivity index (χ3n) is 5.43. The molecule has 6 heteroatoms. The van der Waals surface area contributed by atoms with Crippen LogP contribution in [0.4, 0.5) is 0 Å². The van der Waals surface area contributed by atoms with Crippen LogP contribution in [-0.4, -0.2) is 74.7 Å². The topological polar surface area (TPSA) is 42.9 Å². The van der Waals surface area contributed by atoms with E-state index in [2.05, 4.69) is 53.1 Å². The molecule has 1 aliphatic rings. The number of nitrogens with zero attached hydrogens (tertiary/aromatic N) is 3. The largest absolute Gasteiger partial charge is 0.356 e. The van der Waals surface area contributed by atoms with Gasteiger partial charge in [-0.3, -0.25) is 4.99 Å². The van der Waals surface area contributed by atoms with Crippen LogP contribution in [0.25, 0.3) is 0 Å². The molecule has 0 bridgehead atoms. The van der Waals surface area contributed by atoms with Gasteiger partial charge >= 0.3 is 0 Å². The molecule has 1 rings (SSSR count). The van der Waals surface area contributed by atoms with Gasteiger partial charge < -0.3 is 20.4 Å². The van der Waals surface area contributed by atoms with E-state index in [4.69, 9.17) is 0 Å². The van der Waals surface area contributed by atoms with Gasteiger partial charge in [0.05, 0.1) is 0 Å². The van der Waals surface area contributed by atoms with Crippen LogP contribution in [0.3, 0.4) is 0 Å². The number of likely N-dealkylation sites (tertiary alicyclic amines) is 1. The lowest BCUT2D eigenvalue weighted by molar-refractivity contribution is 0.191. The van der Waals surface area contributed by atoms with E-state index in [1.54, 1.807) is 0 Å². The highest BCUT2D eigenvalue weighted by atomic mass is 127. The summed E-state index contributed by atoms with van der Waals surface area (Å²) < 4.78 is 0. The number of aliphatic imine (C=N–C) groups is 1. The van der Waals surface area contributed by atoms with Crippen molar-refractivity contribution in [2.45, 2.75) is 65.8 Å². The number of rotatable bonds is 11. The van der Waals surface area contributed by atoms with Crippen molar-refractivity contribution in [3.05, 3.63) is 0 Å². The van der Waals surface area contributed by atoms with Crippen LogP contribution in [0, 0.1) is 5.92 Å². The minimum absolute atomic E-state index is 0. The Hall–Kier alpha value is -0.0800. The SMILES string of the molecule is CCN(CC)CCCC(C)NC(=NC)NCCCN1CCC(C)CC1.I. The molecule has 156 valence electrons. The summed E-state index contributed by atoms with van der Waals surface area (Å²) in [5, 5.41) is 7.00. The van der Waals surface area contributed by atoms with Gasteiger partial charge in [0.25, 0.3) is 0 Å². The summed E-state index contributed by atoms with van der Waals surface area (Å²) in [4.78, 5) is 9.46. The molecule has 0 aromatic carbocycles. The molecule has 1 aliphatic heterocycles. The van der Waals surface area contributed by atoms with E-state index in [-0.39, 0.29) is 24.0 Å². The molecule has 1 atom stereocenters. The van der Waals surface area contributed by atoms with Gasteiger partial charge in [-0.2, -0.15) is 0 Å². The first-order chi connectivity index (χ1) is 12.1. The standard InChI is InChI=1S/C20H43N5.HI/c1-6-24(7-2)14-8-10-19(4)23-20(21-5)22-13-9-15-25-16-11-18(3)12-17-25;/h18-19H,6-17H2,1-5H3,(H2,21,22,23);1H. The molecular formula is C20H44IN5. The molecule has 0 aromatic heterocycles. The molecule has 26 heavy (non-hydrogen) atoms. The van der Waals surface area contributed by atoms with Crippen LogP contribution in [0.5, 0.6) is 0 Å². The summed E-state index contributed by atoms with van der Waals surface area (Å²) in [7, 11) is 1.87. The molecule has 1 fully saturated rings. The van der Waals surface area contributed by atoms with Crippen LogP contribution in [0.2, 0.25) is 0 Å². The number of nitrogens with one attached hydrogen (secondary N) is 2. The Morgan fingerprint density at radius 2 is 1.85 bits per heavy atom. The lowest BCUT2D eigenvalue weighted by atomic mass is 9.99. The minimum atomic E-state index is 0. The maximum absolute atomic E-state index is 4.37. The van der Waals surface area contributed by atoms with E-state index in [0.717, 1.165) is 31.5 Å². The maximum atomic E-state index is 4.37. The Morgan fingerprint density at radius 1 is 1.19 bits per heavy atom. The number of piperidine rings is 1. The summed E-state index contributed by atoms with van der Waals surface area (Å²) in [5.74, 6) is 1.86. The number of halogens is 1. The first kappa shape index (κ1) is 25.9. The van der Waals surface area contributed by atoms with Gasteiger partial charge in [0.2, 0.25) is 0 Å². The molecule has 2 N–H and O–H groups in total. The Bertz CT molecular complexity index is 352. The van der Waals surface area contributed by atoms with E-state index in [0.29, 0.717) is 6.04 Å². The van der Waals surface area contributed by atoms with Gasteiger partial charge in [-0.15, -0.1) is 24.0 Å². The summed E-state index contributed by atoms with van der Waals surface area (Å²) in [6, 6.07) is 0.463. The highest BCUT2D eigenvalue weighted by molar-refractivity contribution is 14.0. The summed E-state index contributed by atoms with van der Waals surface area (Å²) >= 11 is 0. The van der Waals surface area contributed by atoms with Crippen LogP contribution in [-0.2, 0) is 0 Å². The first-order valence-electron chi connectivity index (χ1n) is 10.5. The molecule has 5 nitrogen and oxygen atoms in total. The van der Waals surface area contributed by atoms with Crippen molar-refractivity contribution in [3.63, 3.8) is 0 Å². The lowest BCUT2D eigenvalue weighted by Crippen LogP contribution is -2.43. The van der Waals surface area contributed by atoms with Crippen molar-refractivity contribution >= 4 is 29.9 Å². The zero-order valence-corrected chi connectivity index (χ0v) is 20.2. The Morgan fingerprint density at radius 3 is 2.42 bits per heavy atom. The smallest absolute Gasteiger partial charge is 0.191 e. The summed E-state index contributed by atoms with van der Waals surface area (Å²) in [5.41, 5.74) is 0.